The molecule has 2 rings (SSSR count). The molecular weight excluding hydrogens is 218 g/mol. The first-order valence-corrected chi connectivity index (χ1v) is 5.36. The molecule has 17 heavy (non-hydrogen) atoms. The van der Waals surface area contributed by atoms with Gasteiger partial charge in [-0.25, -0.2) is 0 Å². The lowest BCUT2D eigenvalue weighted by Gasteiger charge is -2.08. The maximum absolute atomic E-state index is 5.80. The molecule has 0 unspecified atom stereocenters. The Balaban J connectivity index is 2.01. The summed E-state index contributed by atoms with van der Waals surface area (Å²) in [4.78, 5) is 1.40. The van der Waals surface area contributed by atoms with Crippen molar-refractivity contribution >= 4 is 0 Å². The molecule has 6 heteroatoms. The third-order valence-corrected chi connectivity index (χ3v) is 2.30. The van der Waals surface area contributed by atoms with Crippen molar-refractivity contribution in [1.82, 2.24) is 20.2 Å². The highest BCUT2D eigenvalue weighted by atomic mass is 16.5. The molecule has 0 saturated carbocycles. The highest BCUT2D eigenvalue weighted by Gasteiger charge is 2.04. The summed E-state index contributed by atoms with van der Waals surface area (Å²) in [5.41, 5.74) is 6.84. The number of hydrogen-bond acceptors (Lipinski definition) is 5. The van der Waals surface area contributed by atoms with Crippen LogP contribution in [0.15, 0.2) is 24.3 Å². The Morgan fingerprint density at radius 1 is 1.47 bits per heavy atom. The Labute approximate surface area is 99.4 Å². The zero-order valence-electron chi connectivity index (χ0n) is 9.87. The Bertz CT molecular complexity index is 494. The van der Waals surface area contributed by atoms with Crippen molar-refractivity contribution < 1.29 is 4.74 Å². The Morgan fingerprint density at radius 3 is 2.94 bits per heavy atom. The molecule has 0 amide bonds. The molecule has 0 radical (unpaired) electrons. The topological polar surface area (TPSA) is 78.9 Å². The molecule has 0 bridgehead atoms. The molecule has 2 aromatic rings. The van der Waals surface area contributed by atoms with Crippen LogP contribution in [0.3, 0.4) is 0 Å². The quantitative estimate of drug-likeness (QED) is 0.845. The first-order chi connectivity index (χ1) is 8.15. The number of benzene rings is 1. The predicted molar refractivity (Wildman–Crippen MR) is 62.2 cm³/mol. The zero-order valence-corrected chi connectivity index (χ0v) is 9.87. The molecule has 1 heterocycles. The lowest BCUT2D eigenvalue weighted by atomic mass is 10.1. The molecular formula is C11H15N5O. The van der Waals surface area contributed by atoms with Crippen LogP contribution in [0.4, 0.5) is 0 Å². The van der Waals surface area contributed by atoms with Gasteiger partial charge < -0.3 is 10.5 Å². The molecule has 6 nitrogen and oxygen atoms in total. The Morgan fingerprint density at radius 2 is 2.29 bits per heavy atom. The minimum atomic E-state index is -0.00630. The summed E-state index contributed by atoms with van der Waals surface area (Å²) in [7, 11) is 1.72. The molecule has 0 aliphatic carbocycles. The van der Waals surface area contributed by atoms with E-state index in [1.165, 1.54) is 4.80 Å². The third kappa shape index (κ3) is 3.01. The van der Waals surface area contributed by atoms with Gasteiger partial charge in [0.15, 0.2) is 6.61 Å². The summed E-state index contributed by atoms with van der Waals surface area (Å²) < 4.78 is 5.56. The van der Waals surface area contributed by atoms with Crippen molar-refractivity contribution in [3.8, 4) is 5.75 Å². The Kier molecular flexibility index (Phi) is 3.34. The van der Waals surface area contributed by atoms with Gasteiger partial charge in [0.1, 0.15) is 5.75 Å². The molecule has 0 aliphatic heterocycles. The van der Waals surface area contributed by atoms with Gasteiger partial charge in [-0.15, -0.1) is 10.2 Å². The van der Waals surface area contributed by atoms with Crippen LogP contribution in [0, 0.1) is 0 Å². The second kappa shape index (κ2) is 4.92. The van der Waals surface area contributed by atoms with Crippen LogP contribution < -0.4 is 10.5 Å². The molecule has 1 aromatic carbocycles. The summed E-state index contributed by atoms with van der Waals surface area (Å²) in [6, 6.07) is 7.67. The van der Waals surface area contributed by atoms with Crippen molar-refractivity contribution in [2.45, 2.75) is 19.6 Å². The van der Waals surface area contributed by atoms with Crippen LogP contribution in [-0.4, -0.2) is 20.2 Å². The van der Waals surface area contributed by atoms with Crippen molar-refractivity contribution in [1.29, 1.82) is 0 Å². The van der Waals surface area contributed by atoms with Crippen LogP contribution in [0.5, 0.6) is 5.75 Å². The van der Waals surface area contributed by atoms with Crippen molar-refractivity contribution in [3.63, 3.8) is 0 Å². The Hall–Kier alpha value is -1.95. The van der Waals surface area contributed by atoms with Gasteiger partial charge in [-0.05, 0) is 29.8 Å². The van der Waals surface area contributed by atoms with Gasteiger partial charge in [0.25, 0.3) is 0 Å². The third-order valence-electron chi connectivity index (χ3n) is 2.30. The van der Waals surface area contributed by atoms with E-state index in [-0.39, 0.29) is 6.04 Å². The van der Waals surface area contributed by atoms with Crippen LogP contribution in [0.2, 0.25) is 0 Å². The van der Waals surface area contributed by atoms with Crippen LogP contribution >= 0.6 is 0 Å². The fraction of sp³-hybridized carbons (Fsp3) is 0.364. The van der Waals surface area contributed by atoms with Crippen LogP contribution in [0.25, 0.3) is 0 Å². The number of rotatable bonds is 4. The molecule has 90 valence electrons. The maximum Gasteiger partial charge on any atom is 0.212 e. The molecule has 0 fully saturated rings. The summed E-state index contributed by atoms with van der Waals surface area (Å²) in [5, 5.41) is 11.6. The summed E-state index contributed by atoms with van der Waals surface area (Å²) in [6.45, 7) is 2.24. The SMILES string of the molecule is C[C@H](N)c1cccc(OCc2nnn(C)n2)c1. The molecule has 2 N–H and O–H groups in total. The number of tetrazole rings is 1. The van der Waals surface area contributed by atoms with E-state index in [1.54, 1.807) is 7.05 Å². The van der Waals surface area contributed by atoms with E-state index in [0.717, 1.165) is 11.3 Å². The number of aryl methyl sites for hydroxylation is 1. The molecule has 0 saturated heterocycles. The lowest BCUT2D eigenvalue weighted by Crippen LogP contribution is -2.05. The molecule has 0 aliphatic rings. The standard InChI is InChI=1S/C11H15N5O/c1-8(12)9-4-3-5-10(6-9)17-7-11-13-15-16(2)14-11/h3-6,8H,7,12H2,1-2H3/t8-/m0/s1. The molecule has 1 atom stereocenters. The van der Waals surface area contributed by atoms with Gasteiger partial charge in [-0.2, -0.15) is 4.80 Å². The van der Waals surface area contributed by atoms with E-state index in [4.69, 9.17) is 10.5 Å². The van der Waals surface area contributed by atoms with E-state index in [2.05, 4.69) is 15.4 Å². The number of nitrogens with two attached hydrogens (primary N) is 1. The zero-order chi connectivity index (χ0) is 12.3. The van der Waals surface area contributed by atoms with Gasteiger partial charge in [-0.1, -0.05) is 12.1 Å². The van der Waals surface area contributed by atoms with Crippen molar-refractivity contribution in [2.75, 3.05) is 0 Å². The number of aromatic nitrogens is 4. The van der Waals surface area contributed by atoms with E-state index in [0.29, 0.717) is 12.4 Å². The summed E-state index contributed by atoms with van der Waals surface area (Å²) in [6.07, 6.45) is 0. The first kappa shape index (κ1) is 11.5. The van der Waals surface area contributed by atoms with Gasteiger partial charge in [-0.3, -0.25) is 0 Å². The minimum Gasteiger partial charge on any atom is -0.485 e. The highest BCUT2D eigenvalue weighted by Crippen LogP contribution is 2.18. The maximum atomic E-state index is 5.80. The smallest absolute Gasteiger partial charge is 0.212 e. The van der Waals surface area contributed by atoms with Crippen molar-refractivity contribution in [2.24, 2.45) is 12.8 Å². The van der Waals surface area contributed by atoms with E-state index >= 15 is 0 Å². The second-order valence-electron chi connectivity index (χ2n) is 3.84. The van der Waals surface area contributed by atoms with Crippen LogP contribution in [-0.2, 0) is 13.7 Å². The second-order valence-corrected chi connectivity index (χ2v) is 3.84. The number of hydrogen-bond donors (Lipinski definition) is 1. The molecule has 1 aromatic heterocycles. The monoisotopic (exact) mass is 233 g/mol. The average Bonchev–Trinajstić information content (AvgIpc) is 2.73. The van der Waals surface area contributed by atoms with E-state index in [9.17, 15) is 0 Å². The summed E-state index contributed by atoms with van der Waals surface area (Å²) in [5.74, 6) is 1.31. The largest absolute Gasteiger partial charge is 0.485 e. The minimum absolute atomic E-state index is 0.00630. The average molecular weight is 233 g/mol. The lowest BCUT2D eigenvalue weighted by molar-refractivity contribution is 0.295. The number of ether oxygens (including phenoxy) is 1. The van der Waals surface area contributed by atoms with Gasteiger partial charge in [0.05, 0.1) is 7.05 Å². The number of nitrogens with zero attached hydrogens (tertiary/aromatic N) is 4. The van der Waals surface area contributed by atoms with Crippen LogP contribution in [0.1, 0.15) is 24.4 Å². The predicted octanol–water partition coefficient (Wildman–Crippen LogP) is 0.809. The van der Waals surface area contributed by atoms with Gasteiger partial charge in [0, 0.05) is 6.04 Å². The fourth-order valence-electron chi connectivity index (χ4n) is 1.42. The first-order valence-electron chi connectivity index (χ1n) is 5.36. The van der Waals surface area contributed by atoms with Crippen molar-refractivity contribution in [3.05, 3.63) is 35.7 Å². The molecule has 0 spiro atoms. The summed E-state index contributed by atoms with van der Waals surface area (Å²) >= 11 is 0. The van der Waals surface area contributed by atoms with E-state index in [1.807, 2.05) is 31.2 Å². The normalized spacial score (nSPS) is 12.4. The van der Waals surface area contributed by atoms with Gasteiger partial charge >= 0.3 is 0 Å². The van der Waals surface area contributed by atoms with E-state index < -0.39 is 0 Å². The van der Waals surface area contributed by atoms with Gasteiger partial charge in [0.2, 0.25) is 5.82 Å². The highest BCUT2D eigenvalue weighted by molar-refractivity contribution is 5.30. The fourth-order valence-corrected chi connectivity index (χ4v) is 1.42.